The molecule has 0 spiro atoms. The first-order valence-corrected chi connectivity index (χ1v) is 12.0. The summed E-state index contributed by atoms with van der Waals surface area (Å²) in [4.78, 5) is 54.6. The number of amides is 3. The number of fused-ring (bicyclic) bond motifs is 5. The number of halogens is 2. The number of allylic oxidation sites excluding steroid dienone is 2. The first-order valence-electron chi connectivity index (χ1n) is 11.3. The molecule has 174 valence electrons. The Kier molecular flexibility index (Phi) is 5.82. The summed E-state index contributed by atoms with van der Waals surface area (Å²) in [5.41, 5.74) is 0.444. The fourth-order valence-electron chi connectivity index (χ4n) is 5.52. The molecular weight excluding hydrogens is 475 g/mol. The predicted octanol–water partition coefficient (Wildman–Crippen LogP) is 4.82. The summed E-state index contributed by atoms with van der Waals surface area (Å²) < 4.78 is 0. The van der Waals surface area contributed by atoms with E-state index in [9.17, 15) is 19.2 Å². The first kappa shape index (κ1) is 22.8. The van der Waals surface area contributed by atoms with Gasteiger partial charge in [-0.2, -0.15) is 5.01 Å². The average molecular weight is 497 g/mol. The van der Waals surface area contributed by atoms with Crippen molar-refractivity contribution in [1.29, 1.82) is 0 Å². The largest absolute Gasteiger partial charge is 0.292 e. The highest BCUT2D eigenvalue weighted by molar-refractivity contribution is 6.36. The van der Waals surface area contributed by atoms with E-state index in [-0.39, 0.29) is 34.6 Å². The van der Waals surface area contributed by atoms with Crippen LogP contribution in [0.2, 0.25) is 10.0 Å². The standard InChI is InChI=1S/C26H22Cl2N2O4/c1-2-20(23(31)14-6-4-3-5-7-14)29(24(32)18-11-10-17(27)13-19(18)28)30-25(33)21-15-8-9-16(12-15)22(21)26(30)34/h3-11,13,15-16,20-22H,2,12H2,1H3/t15-,16-,20+,21-,22+/m0/s1. The van der Waals surface area contributed by atoms with Crippen LogP contribution in [0.4, 0.5) is 0 Å². The second kappa shape index (κ2) is 8.67. The van der Waals surface area contributed by atoms with Gasteiger partial charge < -0.3 is 0 Å². The number of hydrazine groups is 1. The van der Waals surface area contributed by atoms with E-state index in [1.165, 1.54) is 18.2 Å². The maximum Gasteiger partial charge on any atom is 0.275 e. The van der Waals surface area contributed by atoms with E-state index in [1.807, 2.05) is 12.2 Å². The van der Waals surface area contributed by atoms with Crippen molar-refractivity contribution in [2.24, 2.45) is 23.7 Å². The lowest BCUT2D eigenvalue weighted by atomic mass is 9.85. The maximum atomic E-state index is 13.9. The highest BCUT2D eigenvalue weighted by Gasteiger charge is 2.62. The van der Waals surface area contributed by atoms with Crippen molar-refractivity contribution in [3.05, 3.63) is 81.9 Å². The van der Waals surface area contributed by atoms with Crippen LogP contribution in [0.5, 0.6) is 0 Å². The van der Waals surface area contributed by atoms with Gasteiger partial charge in [0.15, 0.2) is 5.78 Å². The van der Waals surface area contributed by atoms with E-state index in [0.29, 0.717) is 10.6 Å². The molecule has 34 heavy (non-hydrogen) atoms. The molecule has 1 aliphatic heterocycles. The Labute approximate surface area is 207 Å². The van der Waals surface area contributed by atoms with Crippen molar-refractivity contribution < 1.29 is 19.2 Å². The van der Waals surface area contributed by atoms with Gasteiger partial charge in [-0.3, -0.25) is 19.2 Å². The minimum atomic E-state index is -1.07. The number of carbonyl (C=O) groups is 4. The highest BCUT2D eigenvalue weighted by Crippen LogP contribution is 2.53. The molecule has 1 heterocycles. The number of imide groups is 1. The van der Waals surface area contributed by atoms with Crippen LogP contribution in [0, 0.1) is 23.7 Å². The van der Waals surface area contributed by atoms with Gasteiger partial charge in [-0.1, -0.05) is 72.6 Å². The third-order valence-electron chi connectivity index (χ3n) is 7.08. The van der Waals surface area contributed by atoms with Crippen molar-refractivity contribution in [2.45, 2.75) is 25.8 Å². The number of ketones is 1. The van der Waals surface area contributed by atoms with Gasteiger partial charge in [0.05, 0.1) is 22.4 Å². The number of benzene rings is 2. The summed E-state index contributed by atoms with van der Waals surface area (Å²) in [5, 5.41) is 2.37. The lowest BCUT2D eigenvalue weighted by molar-refractivity contribution is -0.157. The van der Waals surface area contributed by atoms with Crippen LogP contribution in [-0.2, 0) is 9.59 Å². The molecular formula is C26H22Cl2N2O4. The third-order valence-corrected chi connectivity index (χ3v) is 7.62. The van der Waals surface area contributed by atoms with Crippen LogP contribution in [0.1, 0.15) is 40.5 Å². The van der Waals surface area contributed by atoms with E-state index in [4.69, 9.17) is 23.2 Å². The number of rotatable bonds is 6. The van der Waals surface area contributed by atoms with Crippen LogP contribution >= 0.6 is 23.2 Å². The number of hydrogen-bond donors (Lipinski definition) is 0. The molecule has 0 unspecified atom stereocenters. The molecule has 2 fully saturated rings. The number of carbonyl (C=O) groups excluding carboxylic acids is 4. The van der Waals surface area contributed by atoms with Crippen molar-refractivity contribution in [3.63, 3.8) is 0 Å². The molecule has 0 N–H and O–H groups in total. The quantitative estimate of drug-likeness (QED) is 0.326. The zero-order valence-electron chi connectivity index (χ0n) is 18.4. The molecule has 2 bridgehead atoms. The summed E-state index contributed by atoms with van der Waals surface area (Å²) >= 11 is 12.3. The highest BCUT2D eigenvalue weighted by atomic mass is 35.5. The van der Waals surface area contributed by atoms with E-state index in [1.54, 1.807) is 37.3 Å². The average Bonchev–Trinajstić information content (AvgIpc) is 3.51. The maximum absolute atomic E-state index is 13.9. The molecule has 0 aromatic heterocycles. The Bertz CT molecular complexity index is 1200. The van der Waals surface area contributed by atoms with Gasteiger partial charge in [-0.15, -0.1) is 0 Å². The molecule has 1 saturated heterocycles. The van der Waals surface area contributed by atoms with E-state index in [2.05, 4.69) is 0 Å². The number of hydrogen-bond acceptors (Lipinski definition) is 4. The van der Waals surface area contributed by atoms with Gasteiger partial charge in [0.2, 0.25) is 0 Å². The topological polar surface area (TPSA) is 74.8 Å². The normalized spacial score (nSPS) is 25.6. The molecule has 5 atom stereocenters. The molecule has 8 heteroatoms. The van der Waals surface area contributed by atoms with Crippen molar-refractivity contribution in [3.8, 4) is 0 Å². The molecule has 2 aliphatic carbocycles. The van der Waals surface area contributed by atoms with Crippen LogP contribution < -0.4 is 0 Å². The minimum absolute atomic E-state index is 0.0302. The molecule has 2 aromatic rings. The molecule has 3 aliphatic rings. The molecule has 6 nitrogen and oxygen atoms in total. The van der Waals surface area contributed by atoms with Crippen molar-refractivity contribution in [2.75, 3.05) is 0 Å². The first-order chi connectivity index (χ1) is 16.3. The molecule has 0 radical (unpaired) electrons. The summed E-state index contributed by atoms with van der Waals surface area (Å²) in [6, 6.07) is 11.8. The fourth-order valence-corrected chi connectivity index (χ4v) is 6.01. The van der Waals surface area contributed by atoms with Crippen LogP contribution in [0.3, 0.4) is 0 Å². The molecule has 3 amide bonds. The predicted molar refractivity (Wildman–Crippen MR) is 127 cm³/mol. The van der Waals surface area contributed by atoms with Gasteiger partial charge in [-0.25, -0.2) is 5.01 Å². The van der Waals surface area contributed by atoms with E-state index < -0.39 is 35.6 Å². The Morgan fingerprint density at radius 2 is 1.62 bits per heavy atom. The van der Waals surface area contributed by atoms with Crippen LogP contribution in [0.15, 0.2) is 60.7 Å². The SMILES string of the molecule is CC[C@H](C(=O)c1ccccc1)N(C(=O)c1ccc(Cl)cc1Cl)N1C(=O)[C@@H]2[C@H](C1=O)[C@H]1C=C[C@H]2C1. The molecule has 2 aromatic carbocycles. The second-order valence-corrected chi connectivity index (χ2v) is 9.76. The Morgan fingerprint density at radius 1 is 1.00 bits per heavy atom. The lowest BCUT2D eigenvalue weighted by Gasteiger charge is -2.36. The summed E-state index contributed by atoms with van der Waals surface area (Å²) in [5.74, 6) is -3.02. The third kappa shape index (κ3) is 3.48. The summed E-state index contributed by atoms with van der Waals surface area (Å²) in [7, 11) is 0. The van der Waals surface area contributed by atoms with Gasteiger partial charge in [0, 0.05) is 10.6 Å². The zero-order valence-corrected chi connectivity index (χ0v) is 19.9. The fraction of sp³-hybridized carbons (Fsp3) is 0.308. The van der Waals surface area contributed by atoms with Gasteiger partial charge >= 0.3 is 0 Å². The minimum Gasteiger partial charge on any atom is -0.292 e. The monoisotopic (exact) mass is 496 g/mol. The smallest absolute Gasteiger partial charge is 0.275 e. The van der Waals surface area contributed by atoms with E-state index >= 15 is 0 Å². The summed E-state index contributed by atoms with van der Waals surface area (Å²) in [6.45, 7) is 1.74. The number of nitrogens with zero attached hydrogens (tertiary/aromatic N) is 2. The molecule has 1 saturated carbocycles. The Balaban J connectivity index is 1.60. The van der Waals surface area contributed by atoms with Gasteiger partial charge in [0.1, 0.15) is 6.04 Å². The van der Waals surface area contributed by atoms with Crippen molar-refractivity contribution in [1.82, 2.24) is 10.0 Å². The lowest BCUT2D eigenvalue weighted by Crippen LogP contribution is -2.57. The van der Waals surface area contributed by atoms with Gasteiger partial charge in [0.25, 0.3) is 17.7 Å². The number of Topliss-reactive ketones (excluding diaryl/α,β-unsaturated/α-hetero) is 1. The Hall–Kier alpha value is -2.96. The van der Waals surface area contributed by atoms with Crippen molar-refractivity contribution >= 4 is 46.7 Å². The van der Waals surface area contributed by atoms with Crippen LogP contribution in [0.25, 0.3) is 0 Å². The zero-order chi connectivity index (χ0) is 24.1. The molecule has 5 rings (SSSR count). The second-order valence-electron chi connectivity index (χ2n) is 8.92. The summed E-state index contributed by atoms with van der Waals surface area (Å²) in [6.07, 6.45) is 4.92. The van der Waals surface area contributed by atoms with Gasteiger partial charge in [-0.05, 0) is 42.9 Å². The van der Waals surface area contributed by atoms with E-state index in [0.717, 1.165) is 16.4 Å². The van der Waals surface area contributed by atoms with Crippen LogP contribution in [-0.4, -0.2) is 39.6 Å². The Morgan fingerprint density at radius 3 is 2.18 bits per heavy atom.